The summed E-state index contributed by atoms with van der Waals surface area (Å²) in [6, 6.07) is 13.0. The topological polar surface area (TPSA) is 55.4 Å². The fourth-order valence-corrected chi connectivity index (χ4v) is 1.84. The zero-order chi connectivity index (χ0) is 15.9. The van der Waals surface area contributed by atoms with Gasteiger partial charge in [-0.1, -0.05) is 29.8 Å². The second kappa shape index (κ2) is 7.36. The molecule has 114 valence electrons. The van der Waals surface area contributed by atoms with Crippen molar-refractivity contribution in [2.75, 3.05) is 11.9 Å². The van der Waals surface area contributed by atoms with Crippen molar-refractivity contribution in [1.82, 2.24) is 0 Å². The van der Waals surface area contributed by atoms with Gasteiger partial charge in [0, 0.05) is 5.69 Å². The number of hydrogen-bond acceptors (Lipinski definition) is 3. The highest BCUT2D eigenvalue weighted by Crippen LogP contribution is 2.08. The number of amides is 1. The Labute approximate surface area is 127 Å². The van der Waals surface area contributed by atoms with Crippen molar-refractivity contribution in [3.05, 3.63) is 65.5 Å². The Morgan fingerprint density at radius 1 is 1.14 bits per heavy atom. The molecule has 0 aliphatic heterocycles. The first kappa shape index (κ1) is 15.7. The second-order valence-corrected chi connectivity index (χ2v) is 4.88. The fraction of sp³-hybridized carbons (Fsp3) is 0.176. The molecule has 2 rings (SSSR count). The Bertz CT molecular complexity index is 668. The van der Waals surface area contributed by atoms with Crippen LogP contribution in [-0.2, 0) is 20.7 Å². The lowest BCUT2D eigenvalue weighted by Crippen LogP contribution is -2.21. The number of carbonyl (C=O) groups is 2. The highest BCUT2D eigenvalue weighted by molar-refractivity contribution is 5.92. The Hall–Kier alpha value is -2.69. The maximum Gasteiger partial charge on any atom is 0.310 e. The molecular weight excluding hydrogens is 285 g/mol. The number of ether oxygens (including phenoxy) is 1. The zero-order valence-electron chi connectivity index (χ0n) is 12.1. The molecule has 22 heavy (non-hydrogen) atoms. The van der Waals surface area contributed by atoms with Crippen LogP contribution in [-0.4, -0.2) is 18.5 Å². The smallest absolute Gasteiger partial charge is 0.310 e. The largest absolute Gasteiger partial charge is 0.455 e. The highest BCUT2D eigenvalue weighted by atomic mass is 19.1. The first-order valence-electron chi connectivity index (χ1n) is 6.79. The summed E-state index contributed by atoms with van der Waals surface area (Å²) >= 11 is 0. The van der Waals surface area contributed by atoms with Crippen LogP contribution in [0.15, 0.2) is 48.5 Å². The average Bonchev–Trinajstić information content (AvgIpc) is 2.48. The predicted octanol–water partition coefficient (Wildman–Crippen LogP) is 2.86. The molecule has 0 heterocycles. The van der Waals surface area contributed by atoms with Crippen molar-refractivity contribution >= 4 is 17.6 Å². The fourth-order valence-electron chi connectivity index (χ4n) is 1.84. The van der Waals surface area contributed by atoms with Crippen molar-refractivity contribution in [2.24, 2.45) is 0 Å². The second-order valence-electron chi connectivity index (χ2n) is 4.88. The summed E-state index contributed by atoms with van der Waals surface area (Å²) < 4.78 is 17.9. The molecule has 0 saturated carbocycles. The van der Waals surface area contributed by atoms with Gasteiger partial charge >= 0.3 is 5.97 Å². The summed E-state index contributed by atoms with van der Waals surface area (Å²) in [6.07, 6.45) is -0.0738. The van der Waals surface area contributed by atoms with Gasteiger partial charge in [-0.15, -0.1) is 0 Å². The molecule has 0 fully saturated rings. The summed E-state index contributed by atoms with van der Waals surface area (Å²) in [7, 11) is 0. The minimum Gasteiger partial charge on any atom is -0.455 e. The van der Waals surface area contributed by atoms with Crippen LogP contribution in [0.25, 0.3) is 0 Å². The number of hydrogen-bond donors (Lipinski definition) is 1. The van der Waals surface area contributed by atoms with Crippen LogP contribution in [0.1, 0.15) is 11.1 Å². The molecule has 2 aromatic carbocycles. The van der Waals surface area contributed by atoms with E-state index >= 15 is 0 Å². The monoisotopic (exact) mass is 301 g/mol. The molecule has 0 saturated heterocycles. The predicted molar refractivity (Wildman–Crippen MR) is 80.9 cm³/mol. The zero-order valence-corrected chi connectivity index (χ0v) is 12.1. The first-order valence-corrected chi connectivity index (χ1v) is 6.79. The highest BCUT2D eigenvalue weighted by Gasteiger charge is 2.09. The summed E-state index contributed by atoms with van der Waals surface area (Å²) in [4.78, 5) is 23.3. The van der Waals surface area contributed by atoms with Crippen molar-refractivity contribution < 1.29 is 18.7 Å². The van der Waals surface area contributed by atoms with Gasteiger partial charge in [0.2, 0.25) is 0 Å². The minimum atomic E-state index is -0.579. The van der Waals surface area contributed by atoms with Gasteiger partial charge in [0.1, 0.15) is 5.82 Å². The van der Waals surface area contributed by atoms with Crippen LogP contribution in [0.5, 0.6) is 0 Å². The summed E-state index contributed by atoms with van der Waals surface area (Å²) in [5.41, 5.74) is 2.22. The standard InChI is InChI=1S/C17H16FNO3/c1-12-5-7-15(8-6-12)19-16(20)11-22-17(21)10-13-3-2-4-14(18)9-13/h2-9H,10-11H2,1H3,(H,19,20). The Balaban J connectivity index is 1.78. The van der Waals surface area contributed by atoms with Crippen LogP contribution < -0.4 is 5.32 Å². The van der Waals surface area contributed by atoms with Gasteiger partial charge in [-0.2, -0.15) is 0 Å². The number of nitrogens with one attached hydrogen (secondary N) is 1. The first-order chi connectivity index (χ1) is 10.5. The lowest BCUT2D eigenvalue weighted by atomic mass is 10.1. The number of aryl methyl sites for hydroxylation is 1. The van der Waals surface area contributed by atoms with Crippen molar-refractivity contribution in [3.63, 3.8) is 0 Å². The van der Waals surface area contributed by atoms with Crippen molar-refractivity contribution in [3.8, 4) is 0 Å². The van der Waals surface area contributed by atoms with E-state index in [9.17, 15) is 14.0 Å². The van der Waals surface area contributed by atoms with Crippen LogP contribution in [0.2, 0.25) is 0 Å². The number of esters is 1. The third-order valence-electron chi connectivity index (χ3n) is 2.94. The molecule has 0 radical (unpaired) electrons. The van der Waals surface area contributed by atoms with E-state index in [1.165, 1.54) is 18.2 Å². The van der Waals surface area contributed by atoms with Crippen LogP contribution >= 0.6 is 0 Å². The van der Waals surface area contributed by atoms with E-state index < -0.39 is 17.7 Å². The summed E-state index contributed by atoms with van der Waals surface area (Å²) in [5.74, 6) is -1.41. The van der Waals surface area contributed by atoms with Crippen LogP contribution in [0.3, 0.4) is 0 Å². The van der Waals surface area contributed by atoms with Gasteiger partial charge in [-0.05, 0) is 36.8 Å². The minimum absolute atomic E-state index is 0.0738. The molecule has 0 aliphatic carbocycles. The maximum absolute atomic E-state index is 13.0. The Kier molecular flexibility index (Phi) is 5.25. The quantitative estimate of drug-likeness (QED) is 0.864. The third-order valence-corrected chi connectivity index (χ3v) is 2.94. The molecule has 0 spiro atoms. The van der Waals surface area contributed by atoms with E-state index in [0.29, 0.717) is 11.3 Å². The molecule has 0 atom stereocenters. The van der Waals surface area contributed by atoms with Gasteiger partial charge in [0.25, 0.3) is 5.91 Å². The van der Waals surface area contributed by atoms with Crippen molar-refractivity contribution in [1.29, 1.82) is 0 Å². The maximum atomic E-state index is 13.0. The number of carbonyl (C=O) groups excluding carboxylic acids is 2. The van der Waals surface area contributed by atoms with E-state index in [4.69, 9.17) is 4.74 Å². The lowest BCUT2D eigenvalue weighted by molar-refractivity contribution is -0.146. The number of anilines is 1. The number of rotatable bonds is 5. The molecular formula is C17H16FNO3. The van der Waals surface area contributed by atoms with E-state index in [1.807, 2.05) is 19.1 Å². The lowest BCUT2D eigenvalue weighted by Gasteiger charge is -2.07. The van der Waals surface area contributed by atoms with Gasteiger partial charge in [-0.3, -0.25) is 9.59 Å². The Morgan fingerprint density at radius 2 is 1.86 bits per heavy atom. The van der Waals surface area contributed by atoms with Gasteiger partial charge < -0.3 is 10.1 Å². The molecule has 0 bridgehead atoms. The van der Waals surface area contributed by atoms with Crippen LogP contribution in [0.4, 0.5) is 10.1 Å². The van der Waals surface area contributed by atoms with E-state index in [0.717, 1.165) is 5.56 Å². The number of halogens is 1. The van der Waals surface area contributed by atoms with E-state index in [2.05, 4.69) is 5.32 Å². The molecule has 4 nitrogen and oxygen atoms in total. The molecule has 5 heteroatoms. The molecule has 0 aliphatic rings. The number of benzene rings is 2. The average molecular weight is 301 g/mol. The molecule has 0 unspecified atom stereocenters. The summed E-state index contributed by atoms with van der Waals surface area (Å²) in [5, 5.41) is 2.62. The molecule has 0 aromatic heterocycles. The van der Waals surface area contributed by atoms with E-state index in [1.54, 1.807) is 18.2 Å². The molecule has 1 N–H and O–H groups in total. The summed E-state index contributed by atoms with van der Waals surface area (Å²) in [6.45, 7) is 1.57. The van der Waals surface area contributed by atoms with Gasteiger partial charge in [0.15, 0.2) is 6.61 Å². The van der Waals surface area contributed by atoms with Gasteiger partial charge in [0.05, 0.1) is 6.42 Å². The third kappa shape index (κ3) is 5.01. The Morgan fingerprint density at radius 3 is 2.55 bits per heavy atom. The molecule has 2 aromatic rings. The molecule has 1 amide bonds. The van der Waals surface area contributed by atoms with Crippen LogP contribution in [0, 0.1) is 12.7 Å². The SMILES string of the molecule is Cc1ccc(NC(=O)COC(=O)Cc2cccc(F)c2)cc1. The van der Waals surface area contributed by atoms with Gasteiger partial charge in [-0.25, -0.2) is 4.39 Å². The normalized spacial score (nSPS) is 10.1. The van der Waals surface area contributed by atoms with Crippen molar-refractivity contribution in [2.45, 2.75) is 13.3 Å². The van der Waals surface area contributed by atoms with E-state index in [-0.39, 0.29) is 13.0 Å².